The predicted molar refractivity (Wildman–Crippen MR) is 126 cm³/mol. The standard InChI is InChI=1S/C25H26N2O3S/c1-16-7-6-8-17(15-16)23(28)27-25-22(20-9-4-3-5-10-21(20)31-25)24(29)26-18-11-13-19(30-2)14-12-18/h6-8,11-15H,3-5,9-10H2,1-2H3,(H,26,29)(H,27,28). The van der Waals surface area contributed by atoms with E-state index in [-0.39, 0.29) is 11.8 Å². The Balaban J connectivity index is 1.65. The summed E-state index contributed by atoms with van der Waals surface area (Å²) >= 11 is 1.53. The van der Waals surface area contributed by atoms with Gasteiger partial charge in [-0.3, -0.25) is 9.59 Å². The summed E-state index contributed by atoms with van der Waals surface area (Å²) in [4.78, 5) is 27.4. The molecule has 0 bridgehead atoms. The average molecular weight is 435 g/mol. The Hall–Kier alpha value is -3.12. The van der Waals surface area contributed by atoms with Crippen LogP contribution in [0.25, 0.3) is 0 Å². The molecule has 0 radical (unpaired) electrons. The first-order chi connectivity index (χ1) is 15.0. The van der Waals surface area contributed by atoms with Crippen molar-refractivity contribution in [3.63, 3.8) is 0 Å². The first-order valence-electron chi connectivity index (χ1n) is 10.5. The van der Waals surface area contributed by atoms with E-state index in [1.54, 1.807) is 13.2 Å². The minimum Gasteiger partial charge on any atom is -0.497 e. The van der Waals surface area contributed by atoms with Gasteiger partial charge in [-0.15, -0.1) is 11.3 Å². The van der Waals surface area contributed by atoms with Crippen LogP contribution in [0.5, 0.6) is 5.75 Å². The molecule has 0 saturated carbocycles. The number of methoxy groups -OCH3 is 1. The van der Waals surface area contributed by atoms with Crippen molar-refractivity contribution in [1.29, 1.82) is 0 Å². The Morgan fingerprint density at radius 2 is 1.71 bits per heavy atom. The minimum atomic E-state index is -0.196. The van der Waals surface area contributed by atoms with Crippen molar-refractivity contribution < 1.29 is 14.3 Å². The quantitative estimate of drug-likeness (QED) is 0.496. The molecule has 31 heavy (non-hydrogen) atoms. The molecule has 1 heterocycles. The molecular formula is C25H26N2O3S. The Morgan fingerprint density at radius 3 is 2.45 bits per heavy atom. The lowest BCUT2D eigenvalue weighted by atomic mass is 10.0. The van der Waals surface area contributed by atoms with E-state index in [1.807, 2.05) is 49.4 Å². The zero-order chi connectivity index (χ0) is 21.8. The number of amides is 2. The normalized spacial score (nSPS) is 13.1. The van der Waals surface area contributed by atoms with Crippen LogP contribution in [0.4, 0.5) is 10.7 Å². The fourth-order valence-corrected chi connectivity index (χ4v) is 5.18. The van der Waals surface area contributed by atoms with Gasteiger partial charge in [0.15, 0.2) is 0 Å². The van der Waals surface area contributed by atoms with Gasteiger partial charge in [-0.2, -0.15) is 0 Å². The van der Waals surface area contributed by atoms with Crippen molar-refractivity contribution in [2.45, 2.75) is 39.0 Å². The van der Waals surface area contributed by atoms with E-state index in [1.165, 1.54) is 16.2 Å². The number of fused-ring (bicyclic) bond motifs is 1. The summed E-state index contributed by atoms with van der Waals surface area (Å²) in [7, 11) is 1.61. The van der Waals surface area contributed by atoms with E-state index in [4.69, 9.17) is 4.74 Å². The molecule has 0 fully saturated rings. The third-order valence-electron chi connectivity index (χ3n) is 5.50. The molecule has 4 rings (SSSR count). The van der Waals surface area contributed by atoms with Gasteiger partial charge in [-0.1, -0.05) is 24.1 Å². The maximum absolute atomic E-state index is 13.3. The number of rotatable bonds is 5. The lowest BCUT2D eigenvalue weighted by molar-refractivity contribution is 0.102. The van der Waals surface area contributed by atoms with Crippen molar-refractivity contribution >= 4 is 33.8 Å². The highest BCUT2D eigenvalue weighted by Gasteiger charge is 2.26. The number of hydrogen-bond donors (Lipinski definition) is 2. The van der Waals surface area contributed by atoms with E-state index in [2.05, 4.69) is 10.6 Å². The van der Waals surface area contributed by atoms with Crippen LogP contribution in [0.2, 0.25) is 0 Å². The van der Waals surface area contributed by atoms with E-state index in [0.29, 0.717) is 21.8 Å². The Kier molecular flexibility index (Phi) is 6.37. The largest absolute Gasteiger partial charge is 0.497 e. The van der Waals surface area contributed by atoms with Gasteiger partial charge < -0.3 is 15.4 Å². The van der Waals surface area contributed by atoms with Crippen LogP contribution in [0, 0.1) is 6.92 Å². The average Bonchev–Trinajstić information content (AvgIpc) is 2.94. The van der Waals surface area contributed by atoms with Crippen LogP contribution in [0.3, 0.4) is 0 Å². The number of carbonyl (C=O) groups excluding carboxylic acids is 2. The lowest BCUT2D eigenvalue weighted by Crippen LogP contribution is -2.18. The van der Waals surface area contributed by atoms with Crippen LogP contribution < -0.4 is 15.4 Å². The molecule has 3 aromatic rings. The maximum Gasteiger partial charge on any atom is 0.258 e. The monoisotopic (exact) mass is 434 g/mol. The second kappa shape index (κ2) is 9.35. The summed E-state index contributed by atoms with van der Waals surface area (Å²) in [5, 5.41) is 6.63. The Morgan fingerprint density at radius 1 is 0.935 bits per heavy atom. The molecule has 0 saturated heterocycles. The molecule has 5 nitrogen and oxygen atoms in total. The van der Waals surface area contributed by atoms with Gasteiger partial charge in [0, 0.05) is 16.1 Å². The topological polar surface area (TPSA) is 67.4 Å². The minimum absolute atomic E-state index is 0.191. The van der Waals surface area contributed by atoms with Crippen LogP contribution >= 0.6 is 11.3 Å². The van der Waals surface area contributed by atoms with E-state index in [9.17, 15) is 9.59 Å². The summed E-state index contributed by atoms with van der Waals surface area (Å²) in [6.07, 6.45) is 5.13. The summed E-state index contributed by atoms with van der Waals surface area (Å²) in [6.45, 7) is 1.96. The number of anilines is 2. The number of aryl methyl sites for hydroxylation is 2. The molecule has 2 N–H and O–H groups in total. The van der Waals surface area contributed by atoms with Crippen molar-refractivity contribution in [2.24, 2.45) is 0 Å². The number of ether oxygens (including phenoxy) is 1. The van der Waals surface area contributed by atoms with E-state index in [0.717, 1.165) is 49.0 Å². The Bertz CT molecular complexity index is 1100. The van der Waals surface area contributed by atoms with Crippen LogP contribution in [-0.4, -0.2) is 18.9 Å². The maximum atomic E-state index is 13.3. The van der Waals surface area contributed by atoms with Crippen LogP contribution in [0.15, 0.2) is 48.5 Å². The first-order valence-corrected chi connectivity index (χ1v) is 11.3. The second-order valence-corrected chi connectivity index (χ2v) is 8.88. The number of carbonyl (C=O) groups is 2. The van der Waals surface area contributed by atoms with Gasteiger partial charge in [-0.25, -0.2) is 0 Å². The van der Waals surface area contributed by atoms with E-state index >= 15 is 0 Å². The molecule has 1 aromatic heterocycles. The zero-order valence-corrected chi connectivity index (χ0v) is 18.6. The van der Waals surface area contributed by atoms with Gasteiger partial charge in [0.25, 0.3) is 11.8 Å². The molecule has 2 amide bonds. The van der Waals surface area contributed by atoms with Crippen molar-refractivity contribution in [3.8, 4) is 5.75 Å². The lowest BCUT2D eigenvalue weighted by Gasteiger charge is -2.11. The van der Waals surface area contributed by atoms with E-state index < -0.39 is 0 Å². The van der Waals surface area contributed by atoms with Crippen molar-refractivity contribution in [3.05, 3.63) is 75.7 Å². The first kappa shape index (κ1) is 21.1. The SMILES string of the molecule is COc1ccc(NC(=O)c2c(NC(=O)c3cccc(C)c3)sc3c2CCCCC3)cc1. The molecule has 0 atom stereocenters. The number of thiophene rings is 1. The molecule has 0 aliphatic heterocycles. The predicted octanol–water partition coefficient (Wildman–Crippen LogP) is 5.84. The smallest absolute Gasteiger partial charge is 0.258 e. The number of hydrogen-bond acceptors (Lipinski definition) is 4. The van der Waals surface area contributed by atoms with Gasteiger partial charge in [0.2, 0.25) is 0 Å². The molecule has 0 spiro atoms. The highest BCUT2D eigenvalue weighted by Crippen LogP contribution is 2.38. The fraction of sp³-hybridized carbons (Fsp3) is 0.280. The summed E-state index contributed by atoms with van der Waals surface area (Å²) in [6, 6.07) is 14.7. The van der Waals surface area contributed by atoms with Gasteiger partial charge in [0.1, 0.15) is 10.8 Å². The molecule has 6 heteroatoms. The van der Waals surface area contributed by atoms with Crippen LogP contribution in [0.1, 0.15) is 56.0 Å². The van der Waals surface area contributed by atoms with Gasteiger partial charge >= 0.3 is 0 Å². The molecule has 2 aromatic carbocycles. The van der Waals surface area contributed by atoms with Gasteiger partial charge in [0.05, 0.1) is 12.7 Å². The molecule has 0 unspecified atom stereocenters. The van der Waals surface area contributed by atoms with Gasteiger partial charge in [-0.05, 0) is 74.6 Å². The number of nitrogens with one attached hydrogen (secondary N) is 2. The highest BCUT2D eigenvalue weighted by atomic mass is 32.1. The molecule has 1 aliphatic carbocycles. The zero-order valence-electron chi connectivity index (χ0n) is 17.8. The fourth-order valence-electron chi connectivity index (χ4n) is 3.90. The summed E-state index contributed by atoms with van der Waals surface area (Å²) < 4.78 is 5.19. The van der Waals surface area contributed by atoms with Crippen molar-refractivity contribution in [2.75, 3.05) is 17.7 Å². The second-order valence-electron chi connectivity index (χ2n) is 7.77. The third-order valence-corrected chi connectivity index (χ3v) is 6.71. The molecular weight excluding hydrogens is 408 g/mol. The molecule has 160 valence electrons. The summed E-state index contributed by atoms with van der Waals surface area (Å²) in [5.74, 6) is 0.344. The van der Waals surface area contributed by atoms with Crippen molar-refractivity contribution in [1.82, 2.24) is 0 Å². The van der Waals surface area contributed by atoms with Crippen LogP contribution in [-0.2, 0) is 12.8 Å². The molecule has 1 aliphatic rings. The Labute approximate surface area is 186 Å². The highest BCUT2D eigenvalue weighted by molar-refractivity contribution is 7.17. The third kappa shape index (κ3) is 4.80. The summed E-state index contributed by atoms with van der Waals surface area (Å²) in [5.41, 5.74) is 3.97. The number of benzene rings is 2.